The number of anilines is 1. The molecular weight excluding hydrogens is 388 g/mol. The predicted octanol–water partition coefficient (Wildman–Crippen LogP) is 3.16. The summed E-state index contributed by atoms with van der Waals surface area (Å²) in [7, 11) is -3.60. The van der Waals surface area contributed by atoms with Crippen LogP contribution in [0.3, 0.4) is 0 Å². The van der Waals surface area contributed by atoms with E-state index in [4.69, 9.17) is 4.74 Å². The largest absolute Gasteiger partial charge is 0.379 e. The Morgan fingerprint density at radius 2 is 1.66 bits per heavy atom. The highest BCUT2D eigenvalue weighted by atomic mass is 32.2. The van der Waals surface area contributed by atoms with Crippen molar-refractivity contribution in [2.45, 2.75) is 36.0 Å². The Kier molecular flexibility index (Phi) is 5.72. The second-order valence-electron chi connectivity index (χ2n) is 7.65. The third kappa shape index (κ3) is 3.95. The van der Waals surface area contributed by atoms with Crippen LogP contribution in [-0.4, -0.2) is 44.9 Å². The molecule has 0 bridgehead atoms. The van der Waals surface area contributed by atoms with Crippen molar-refractivity contribution in [1.82, 2.24) is 4.31 Å². The normalized spacial score (nSPS) is 19.7. The summed E-state index contributed by atoms with van der Waals surface area (Å²) in [5.41, 5.74) is 0.971. The first kappa shape index (κ1) is 20.1. The van der Waals surface area contributed by atoms with Gasteiger partial charge in [0.05, 0.1) is 23.5 Å². The van der Waals surface area contributed by atoms with Gasteiger partial charge in [-0.1, -0.05) is 49.2 Å². The molecule has 2 aromatic rings. The van der Waals surface area contributed by atoms with Gasteiger partial charge in [-0.15, -0.1) is 0 Å². The van der Waals surface area contributed by atoms with Crippen LogP contribution in [0.4, 0.5) is 5.69 Å². The molecule has 0 radical (unpaired) electrons. The molecule has 2 aliphatic rings. The molecule has 154 valence electrons. The van der Waals surface area contributed by atoms with Crippen LogP contribution in [0, 0.1) is 0 Å². The number of hydrogen-bond acceptors (Lipinski definition) is 4. The average Bonchev–Trinajstić information content (AvgIpc) is 3.27. The predicted molar refractivity (Wildman–Crippen MR) is 111 cm³/mol. The van der Waals surface area contributed by atoms with E-state index in [2.05, 4.69) is 5.32 Å². The van der Waals surface area contributed by atoms with E-state index in [1.807, 2.05) is 30.3 Å². The maximum absolute atomic E-state index is 13.3. The first-order valence-electron chi connectivity index (χ1n) is 10.1. The Hall–Kier alpha value is -2.22. The molecule has 6 nitrogen and oxygen atoms in total. The van der Waals surface area contributed by atoms with Crippen LogP contribution in [0.5, 0.6) is 0 Å². The SMILES string of the molecule is O=C(Nc1cccc(S(=O)(=O)N2CCOCC2)c1)C1(c2ccccc2)CCCC1. The quantitative estimate of drug-likeness (QED) is 0.816. The Morgan fingerprint density at radius 1 is 0.966 bits per heavy atom. The standard InChI is InChI=1S/C22H26N2O4S/c25-21(22(11-4-5-12-22)18-7-2-1-3-8-18)23-19-9-6-10-20(17-19)29(26,27)24-13-15-28-16-14-24/h1-3,6-10,17H,4-5,11-16H2,(H,23,25). The lowest BCUT2D eigenvalue weighted by molar-refractivity contribution is -0.121. The highest BCUT2D eigenvalue weighted by molar-refractivity contribution is 7.89. The number of nitrogens with one attached hydrogen (secondary N) is 1. The molecule has 1 saturated carbocycles. The van der Waals surface area contributed by atoms with Crippen molar-refractivity contribution in [2.24, 2.45) is 0 Å². The number of hydrogen-bond donors (Lipinski definition) is 1. The van der Waals surface area contributed by atoms with Crippen LogP contribution >= 0.6 is 0 Å². The van der Waals surface area contributed by atoms with Crippen LogP contribution < -0.4 is 5.32 Å². The molecule has 1 saturated heterocycles. The topological polar surface area (TPSA) is 75.7 Å². The van der Waals surface area contributed by atoms with Crippen molar-refractivity contribution in [3.05, 3.63) is 60.2 Å². The number of carbonyl (C=O) groups excluding carboxylic acids is 1. The number of morpholine rings is 1. The van der Waals surface area contributed by atoms with E-state index >= 15 is 0 Å². The van der Waals surface area contributed by atoms with E-state index in [1.165, 1.54) is 4.31 Å². The summed E-state index contributed by atoms with van der Waals surface area (Å²) in [5.74, 6) is -0.0675. The van der Waals surface area contributed by atoms with E-state index in [0.29, 0.717) is 32.0 Å². The number of sulfonamides is 1. The van der Waals surface area contributed by atoms with E-state index in [0.717, 1.165) is 31.2 Å². The number of amides is 1. The molecule has 0 atom stereocenters. The lowest BCUT2D eigenvalue weighted by Gasteiger charge is -2.29. The minimum absolute atomic E-state index is 0.0675. The van der Waals surface area contributed by atoms with E-state index in [1.54, 1.807) is 24.3 Å². The summed E-state index contributed by atoms with van der Waals surface area (Å²) >= 11 is 0. The van der Waals surface area contributed by atoms with Crippen LogP contribution in [0.25, 0.3) is 0 Å². The molecular formula is C22H26N2O4S. The highest BCUT2D eigenvalue weighted by Crippen LogP contribution is 2.42. The van der Waals surface area contributed by atoms with Gasteiger partial charge in [0.15, 0.2) is 0 Å². The van der Waals surface area contributed by atoms with Gasteiger partial charge in [-0.05, 0) is 36.6 Å². The maximum Gasteiger partial charge on any atom is 0.243 e. The fourth-order valence-corrected chi connectivity index (χ4v) is 5.76. The zero-order chi connectivity index (χ0) is 20.3. The second-order valence-corrected chi connectivity index (χ2v) is 9.59. The molecule has 1 aliphatic carbocycles. The van der Waals surface area contributed by atoms with Crippen molar-refractivity contribution in [1.29, 1.82) is 0 Å². The van der Waals surface area contributed by atoms with Crippen LogP contribution in [0.1, 0.15) is 31.2 Å². The fraction of sp³-hybridized carbons (Fsp3) is 0.409. The number of carbonyl (C=O) groups is 1. The van der Waals surface area contributed by atoms with Gasteiger partial charge < -0.3 is 10.1 Å². The molecule has 1 heterocycles. The number of rotatable bonds is 5. The average molecular weight is 415 g/mol. The zero-order valence-corrected chi connectivity index (χ0v) is 17.2. The third-order valence-electron chi connectivity index (χ3n) is 5.92. The van der Waals surface area contributed by atoms with Gasteiger partial charge in [0.2, 0.25) is 15.9 Å². The van der Waals surface area contributed by atoms with E-state index in [-0.39, 0.29) is 10.8 Å². The Labute approximate surface area is 171 Å². The minimum Gasteiger partial charge on any atom is -0.379 e. The summed E-state index contributed by atoms with van der Waals surface area (Å²) in [6, 6.07) is 16.4. The molecule has 29 heavy (non-hydrogen) atoms. The van der Waals surface area contributed by atoms with Crippen molar-refractivity contribution in [3.63, 3.8) is 0 Å². The van der Waals surface area contributed by atoms with Gasteiger partial charge in [0, 0.05) is 18.8 Å². The molecule has 4 rings (SSSR count). The molecule has 1 amide bonds. The number of nitrogens with zero attached hydrogens (tertiary/aromatic N) is 1. The first-order valence-corrected chi connectivity index (χ1v) is 11.5. The first-order chi connectivity index (χ1) is 14.0. The van der Waals surface area contributed by atoms with Gasteiger partial charge >= 0.3 is 0 Å². The van der Waals surface area contributed by atoms with Gasteiger partial charge in [-0.2, -0.15) is 4.31 Å². The summed E-state index contributed by atoms with van der Waals surface area (Å²) in [6.45, 7) is 1.48. The minimum atomic E-state index is -3.60. The molecule has 7 heteroatoms. The third-order valence-corrected chi connectivity index (χ3v) is 7.81. The molecule has 0 spiro atoms. The molecule has 0 aromatic heterocycles. The Bertz CT molecular complexity index is 963. The summed E-state index contributed by atoms with van der Waals surface area (Å²) < 4.78 is 32.5. The van der Waals surface area contributed by atoms with Gasteiger partial charge in [-0.25, -0.2) is 8.42 Å². The monoisotopic (exact) mass is 414 g/mol. The Balaban J connectivity index is 1.58. The highest BCUT2D eigenvalue weighted by Gasteiger charge is 2.42. The molecule has 2 fully saturated rings. The van der Waals surface area contributed by atoms with Crippen LogP contribution in [0.2, 0.25) is 0 Å². The lowest BCUT2D eigenvalue weighted by Crippen LogP contribution is -2.40. The van der Waals surface area contributed by atoms with Crippen molar-refractivity contribution < 1.29 is 17.9 Å². The number of benzene rings is 2. The van der Waals surface area contributed by atoms with Gasteiger partial charge in [0.25, 0.3) is 0 Å². The van der Waals surface area contributed by atoms with Gasteiger partial charge in [0.1, 0.15) is 0 Å². The second kappa shape index (κ2) is 8.26. The zero-order valence-electron chi connectivity index (χ0n) is 16.3. The van der Waals surface area contributed by atoms with Crippen molar-refractivity contribution in [3.8, 4) is 0 Å². The lowest BCUT2D eigenvalue weighted by atomic mass is 9.78. The molecule has 2 aromatic carbocycles. The summed E-state index contributed by atoms with van der Waals surface area (Å²) in [5, 5.41) is 2.99. The Morgan fingerprint density at radius 3 is 2.34 bits per heavy atom. The summed E-state index contributed by atoms with van der Waals surface area (Å²) in [6.07, 6.45) is 3.62. The summed E-state index contributed by atoms with van der Waals surface area (Å²) in [4.78, 5) is 13.5. The maximum atomic E-state index is 13.3. The van der Waals surface area contributed by atoms with Crippen LogP contribution in [0.15, 0.2) is 59.5 Å². The molecule has 0 unspecified atom stereocenters. The smallest absolute Gasteiger partial charge is 0.243 e. The fourth-order valence-electron chi connectivity index (χ4n) is 4.30. The van der Waals surface area contributed by atoms with E-state index in [9.17, 15) is 13.2 Å². The van der Waals surface area contributed by atoms with Crippen LogP contribution in [-0.2, 0) is 25.0 Å². The van der Waals surface area contributed by atoms with E-state index < -0.39 is 15.4 Å². The van der Waals surface area contributed by atoms with Gasteiger partial charge in [-0.3, -0.25) is 4.79 Å². The van der Waals surface area contributed by atoms with Crippen molar-refractivity contribution in [2.75, 3.05) is 31.6 Å². The molecule has 1 aliphatic heterocycles. The molecule has 1 N–H and O–H groups in total. The number of ether oxygens (including phenoxy) is 1. The van der Waals surface area contributed by atoms with Crippen molar-refractivity contribution >= 4 is 21.6 Å².